The zero-order chi connectivity index (χ0) is 41.3. The third-order valence-corrected chi connectivity index (χ3v) is 10.0. The molecule has 0 fully saturated rings. The molecule has 0 saturated heterocycles. The molecule has 4 rings (SSSR count). The minimum Gasteiger partial charge on any atom is -0.444 e. The highest BCUT2D eigenvalue weighted by Gasteiger charge is 2.51. The standard InChI is InChI=1S/C40H52N5O10P/c1-26(46)42-29-16-20-31(21-17-29)54-56(51,55-32-22-18-30(19-23-32)43-27(2)47)36-33-14-10-9-13-28(33)25-45(36)35(48)34(44-38(50)53-40(6,7)8)15-11-12-24-41-37(49)52-39(3,4)5/h9-10,13-14,16-23,34,36H,11-12,15,24-25H2,1-8H3,(H,41,49)(H,42,46)(H,43,47)(H,44,50)/t34-,36?/m0/s1. The first-order valence-corrected chi connectivity index (χ1v) is 19.9. The Kier molecular flexibility index (Phi) is 14.2. The molecule has 3 aromatic carbocycles. The normalized spacial score (nSPS) is 14.4. The Hall–Kier alpha value is -5.56. The Labute approximate surface area is 327 Å². The van der Waals surface area contributed by atoms with Gasteiger partial charge in [-0.1, -0.05) is 24.3 Å². The molecule has 0 aliphatic carbocycles. The van der Waals surface area contributed by atoms with Crippen molar-refractivity contribution in [3.8, 4) is 11.5 Å². The van der Waals surface area contributed by atoms with Crippen molar-refractivity contribution in [2.24, 2.45) is 0 Å². The van der Waals surface area contributed by atoms with Crippen molar-refractivity contribution in [2.45, 2.75) is 104 Å². The van der Waals surface area contributed by atoms with Crippen LogP contribution in [0.3, 0.4) is 0 Å². The fourth-order valence-electron chi connectivity index (χ4n) is 5.81. The first-order valence-electron chi connectivity index (χ1n) is 18.3. The molecule has 0 spiro atoms. The lowest BCUT2D eigenvalue weighted by atomic mass is 10.1. The van der Waals surface area contributed by atoms with Crippen LogP contribution >= 0.6 is 7.60 Å². The van der Waals surface area contributed by atoms with Crippen LogP contribution in [0.25, 0.3) is 0 Å². The minimum atomic E-state index is -4.49. The van der Waals surface area contributed by atoms with Gasteiger partial charge in [-0.15, -0.1) is 0 Å². The van der Waals surface area contributed by atoms with E-state index in [9.17, 15) is 24.0 Å². The second kappa shape index (κ2) is 18.4. The van der Waals surface area contributed by atoms with E-state index in [0.29, 0.717) is 35.3 Å². The molecule has 5 amide bonds. The summed E-state index contributed by atoms with van der Waals surface area (Å²) in [6, 6.07) is 18.4. The number of ether oxygens (including phenoxy) is 2. The molecule has 0 aromatic heterocycles. The third kappa shape index (κ3) is 13.0. The van der Waals surface area contributed by atoms with Crippen molar-refractivity contribution in [3.63, 3.8) is 0 Å². The monoisotopic (exact) mass is 793 g/mol. The zero-order valence-electron chi connectivity index (χ0n) is 33.1. The predicted octanol–water partition coefficient (Wildman–Crippen LogP) is 7.88. The third-order valence-electron chi connectivity index (χ3n) is 7.94. The predicted molar refractivity (Wildman–Crippen MR) is 211 cm³/mol. The molecule has 1 heterocycles. The molecule has 16 heteroatoms. The molecule has 15 nitrogen and oxygen atoms in total. The summed E-state index contributed by atoms with van der Waals surface area (Å²) < 4.78 is 38.9. The zero-order valence-corrected chi connectivity index (χ0v) is 34.0. The van der Waals surface area contributed by atoms with Gasteiger partial charge in [0.05, 0.1) is 0 Å². The number of carbonyl (C=O) groups excluding carboxylic acids is 5. The van der Waals surface area contributed by atoms with Crippen LogP contribution < -0.4 is 30.3 Å². The Morgan fingerprint density at radius 2 is 1.23 bits per heavy atom. The van der Waals surface area contributed by atoms with Crippen LogP contribution in [0.5, 0.6) is 11.5 Å². The molecule has 4 N–H and O–H groups in total. The molecular formula is C40H52N5O10P. The van der Waals surface area contributed by atoms with Crippen molar-refractivity contribution in [2.75, 3.05) is 17.2 Å². The van der Waals surface area contributed by atoms with Gasteiger partial charge in [-0.2, -0.15) is 0 Å². The summed E-state index contributed by atoms with van der Waals surface area (Å²) in [5, 5.41) is 10.8. The number of hydrogen-bond donors (Lipinski definition) is 4. The van der Waals surface area contributed by atoms with Gasteiger partial charge in [0, 0.05) is 38.3 Å². The van der Waals surface area contributed by atoms with Gasteiger partial charge in [0.15, 0.2) is 5.78 Å². The van der Waals surface area contributed by atoms with Crippen molar-refractivity contribution >= 4 is 48.9 Å². The number of unbranched alkanes of at least 4 members (excludes halogenated alkanes) is 1. The number of rotatable bonds is 14. The van der Waals surface area contributed by atoms with E-state index >= 15 is 4.57 Å². The second-order valence-electron chi connectivity index (χ2n) is 15.3. The number of fused-ring (bicyclic) bond motifs is 1. The van der Waals surface area contributed by atoms with Crippen LogP contribution in [0.15, 0.2) is 72.8 Å². The van der Waals surface area contributed by atoms with Crippen LogP contribution in [-0.4, -0.2) is 58.6 Å². The molecule has 1 aliphatic heterocycles. The highest BCUT2D eigenvalue weighted by Crippen LogP contribution is 2.64. The first-order chi connectivity index (χ1) is 26.2. The Balaban J connectivity index is 1.70. The average Bonchev–Trinajstić information content (AvgIpc) is 3.48. The molecule has 2 atom stereocenters. The maximum Gasteiger partial charge on any atom is 0.457 e. The summed E-state index contributed by atoms with van der Waals surface area (Å²) >= 11 is 0. The van der Waals surface area contributed by atoms with Crippen molar-refractivity contribution < 1.29 is 47.1 Å². The molecule has 1 aliphatic rings. The van der Waals surface area contributed by atoms with Crippen LogP contribution in [0.1, 0.15) is 91.6 Å². The SMILES string of the molecule is CC(=O)Nc1ccc(OP(=O)(Oc2ccc(NC(C)=O)cc2)C2c3ccccc3CN2C(=O)[C@H](CCCCNC(=O)OC(C)(C)C)NC(=O)OC(C)(C)C)cc1. The van der Waals surface area contributed by atoms with E-state index in [-0.39, 0.29) is 42.8 Å². The summed E-state index contributed by atoms with van der Waals surface area (Å²) in [7, 11) is -4.49. The summed E-state index contributed by atoms with van der Waals surface area (Å²) in [5.74, 6) is -2.13. The molecule has 302 valence electrons. The smallest absolute Gasteiger partial charge is 0.444 e. The topological polar surface area (TPSA) is 191 Å². The van der Waals surface area contributed by atoms with E-state index in [1.165, 1.54) is 43.0 Å². The number of carbonyl (C=O) groups is 5. The number of amides is 5. The van der Waals surface area contributed by atoms with E-state index in [4.69, 9.17) is 18.5 Å². The first kappa shape index (κ1) is 43.2. The van der Waals surface area contributed by atoms with E-state index in [0.717, 1.165) is 0 Å². The molecule has 56 heavy (non-hydrogen) atoms. The Morgan fingerprint density at radius 3 is 1.73 bits per heavy atom. The highest BCUT2D eigenvalue weighted by atomic mass is 31.2. The van der Waals surface area contributed by atoms with E-state index in [2.05, 4.69) is 21.3 Å². The van der Waals surface area contributed by atoms with Crippen molar-refractivity contribution in [1.29, 1.82) is 0 Å². The maximum absolute atomic E-state index is 15.5. The van der Waals surface area contributed by atoms with Gasteiger partial charge in [-0.25, -0.2) is 14.2 Å². The number of nitrogens with one attached hydrogen (secondary N) is 4. The number of benzene rings is 3. The van der Waals surface area contributed by atoms with Crippen LogP contribution in [0.4, 0.5) is 21.0 Å². The summed E-state index contributed by atoms with van der Waals surface area (Å²) in [6.45, 7) is 13.4. The quantitative estimate of drug-likeness (QED) is 0.0923. The molecule has 3 aromatic rings. The van der Waals surface area contributed by atoms with E-state index in [1.807, 2.05) is 6.07 Å². The Bertz CT molecular complexity index is 1860. The van der Waals surface area contributed by atoms with Crippen molar-refractivity contribution in [3.05, 3.63) is 83.9 Å². The molecule has 1 unspecified atom stereocenters. The number of nitrogens with zero attached hydrogens (tertiary/aromatic N) is 1. The molecular weight excluding hydrogens is 741 g/mol. The van der Waals surface area contributed by atoms with E-state index in [1.54, 1.807) is 84.0 Å². The van der Waals surface area contributed by atoms with Gasteiger partial charge in [-0.05, 0) is 120 Å². The summed E-state index contributed by atoms with van der Waals surface area (Å²) in [4.78, 5) is 64.7. The van der Waals surface area contributed by atoms with Gasteiger partial charge in [0.1, 0.15) is 28.7 Å². The lowest BCUT2D eigenvalue weighted by molar-refractivity contribution is -0.135. The summed E-state index contributed by atoms with van der Waals surface area (Å²) in [6.07, 6.45) is -0.380. The minimum absolute atomic E-state index is 0.0199. The fourth-order valence-corrected chi connectivity index (χ4v) is 8.01. The largest absolute Gasteiger partial charge is 0.457 e. The van der Waals surface area contributed by atoms with Gasteiger partial charge in [0.2, 0.25) is 17.7 Å². The van der Waals surface area contributed by atoms with Gasteiger partial charge < -0.3 is 44.7 Å². The number of hydrogen-bond acceptors (Lipinski definition) is 10. The fraction of sp³-hybridized carbons (Fsp3) is 0.425. The molecule has 0 radical (unpaired) electrons. The average molecular weight is 794 g/mol. The lowest BCUT2D eigenvalue weighted by Gasteiger charge is -2.34. The van der Waals surface area contributed by atoms with E-state index < -0.39 is 48.7 Å². The lowest BCUT2D eigenvalue weighted by Crippen LogP contribution is -2.49. The van der Waals surface area contributed by atoms with Crippen LogP contribution in [0.2, 0.25) is 0 Å². The summed E-state index contributed by atoms with van der Waals surface area (Å²) in [5.41, 5.74) is 0.652. The molecule has 0 saturated carbocycles. The number of alkyl carbamates (subject to hydrolysis) is 2. The second-order valence-corrected chi connectivity index (χ2v) is 17.2. The van der Waals surface area contributed by atoms with Crippen LogP contribution in [-0.2, 0) is 35.0 Å². The maximum atomic E-state index is 15.5. The Morgan fingerprint density at radius 1 is 0.732 bits per heavy atom. The van der Waals surface area contributed by atoms with Gasteiger partial charge in [-0.3, -0.25) is 14.4 Å². The van der Waals surface area contributed by atoms with Gasteiger partial charge >= 0.3 is 19.8 Å². The van der Waals surface area contributed by atoms with Crippen molar-refractivity contribution in [1.82, 2.24) is 15.5 Å². The number of anilines is 2. The van der Waals surface area contributed by atoms with Gasteiger partial charge in [0.25, 0.3) is 0 Å². The molecule has 0 bridgehead atoms. The van der Waals surface area contributed by atoms with Crippen LogP contribution in [0, 0.1) is 0 Å². The highest BCUT2D eigenvalue weighted by molar-refractivity contribution is 7.55.